The molecule has 4 rings (SSSR count). The van der Waals surface area contributed by atoms with Crippen LogP contribution in [0.4, 0.5) is 0 Å². The molecule has 2 aromatic heterocycles. The molecule has 2 saturated heterocycles. The molecule has 2 aliphatic heterocycles. The minimum Gasteiger partial charge on any atom is -0.465 e. The molecule has 0 spiro atoms. The molecule has 0 saturated carbocycles. The normalized spacial score (nSPS) is 18.0. The molecular formula is C46H54N2O8S2. The minimum atomic E-state index is -0.590. The van der Waals surface area contributed by atoms with Crippen molar-refractivity contribution in [3.63, 3.8) is 0 Å². The first-order chi connectivity index (χ1) is 27.9. The molecule has 58 heavy (non-hydrogen) atoms. The number of rotatable bonds is 12. The third kappa shape index (κ3) is 15.4. The van der Waals surface area contributed by atoms with Crippen LogP contribution in [0.15, 0.2) is 48.6 Å². The molecule has 0 aliphatic carbocycles. The molecule has 2 aromatic rings. The molecule has 0 bridgehead atoms. The zero-order chi connectivity index (χ0) is 42.5. The number of thiophene rings is 2. The molecule has 2 fully saturated rings. The Bertz CT molecular complexity index is 1870. The zero-order valence-electron chi connectivity index (χ0n) is 34.2. The van der Waals surface area contributed by atoms with E-state index in [9.17, 15) is 29.4 Å². The lowest BCUT2D eigenvalue weighted by Gasteiger charge is -2.20. The van der Waals surface area contributed by atoms with Gasteiger partial charge in [0.25, 0.3) is 0 Å². The number of amides is 2. The number of aliphatic hydroxyl groups excluding tert-OH is 2. The van der Waals surface area contributed by atoms with Crippen molar-refractivity contribution in [2.75, 3.05) is 27.3 Å². The summed E-state index contributed by atoms with van der Waals surface area (Å²) in [5.41, 5.74) is 0. The van der Waals surface area contributed by atoms with Crippen LogP contribution in [-0.4, -0.2) is 95.4 Å². The molecule has 308 valence electrons. The molecule has 0 aromatic carbocycles. The van der Waals surface area contributed by atoms with E-state index in [-0.39, 0.29) is 47.7 Å². The second-order valence-electron chi connectivity index (χ2n) is 13.7. The van der Waals surface area contributed by atoms with E-state index in [1.807, 2.05) is 39.8 Å². The summed E-state index contributed by atoms with van der Waals surface area (Å²) in [4.78, 5) is 53.3. The van der Waals surface area contributed by atoms with E-state index in [1.54, 1.807) is 46.2 Å². The maximum Gasteiger partial charge on any atom is 0.348 e. The number of esters is 2. The van der Waals surface area contributed by atoms with Gasteiger partial charge in [-0.05, 0) is 48.9 Å². The Kier molecular flexibility index (Phi) is 20.6. The second-order valence-corrected chi connectivity index (χ2v) is 15.9. The van der Waals surface area contributed by atoms with Crippen molar-refractivity contribution in [1.82, 2.24) is 9.80 Å². The van der Waals surface area contributed by atoms with Crippen LogP contribution in [0, 0.1) is 59.2 Å². The van der Waals surface area contributed by atoms with Gasteiger partial charge in [0.1, 0.15) is 9.75 Å². The van der Waals surface area contributed by atoms with Crippen molar-refractivity contribution in [2.24, 2.45) is 11.8 Å². The zero-order valence-corrected chi connectivity index (χ0v) is 35.8. The summed E-state index contributed by atoms with van der Waals surface area (Å²) in [6.45, 7) is 8.55. The van der Waals surface area contributed by atoms with E-state index in [1.165, 1.54) is 36.9 Å². The number of hydrogen-bond acceptors (Lipinski definition) is 10. The Morgan fingerprint density at radius 1 is 0.707 bits per heavy atom. The fourth-order valence-corrected chi connectivity index (χ4v) is 7.40. The predicted octanol–water partition coefficient (Wildman–Crippen LogP) is 6.47. The van der Waals surface area contributed by atoms with E-state index in [2.05, 4.69) is 56.8 Å². The van der Waals surface area contributed by atoms with Gasteiger partial charge in [0, 0.05) is 38.5 Å². The van der Waals surface area contributed by atoms with E-state index >= 15 is 0 Å². The van der Waals surface area contributed by atoms with Crippen LogP contribution in [0.25, 0.3) is 0 Å². The lowest BCUT2D eigenvalue weighted by atomic mass is 10.00. The highest BCUT2D eigenvalue weighted by atomic mass is 32.1. The Hall–Kier alpha value is -5.08. The van der Waals surface area contributed by atoms with Crippen LogP contribution in [0.1, 0.15) is 108 Å². The summed E-state index contributed by atoms with van der Waals surface area (Å²) in [6.07, 6.45) is 11.5. The third-order valence-electron chi connectivity index (χ3n) is 9.33. The molecular weight excluding hydrogens is 773 g/mol. The van der Waals surface area contributed by atoms with Crippen molar-refractivity contribution in [3.8, 4) is 47.4 Å². The topological polar surface area (TPSA) is 134 Å². The van der Waals surface area contributed by atoms with Gasteiger partial charge >= 0.3 is 11.9 Å². The van der Waals surface area contributed by atoms with Gasteiger partial charge in [0.05, 0.1) is 61.4 Å². The van der Waals surface area contributed by atoms with Crippen molar-refractivity contribution in [1.29, 1.82) is 0 Å². The molecule has 2 aliphatic rings. The Labute approximate surface area is 351 Å². The summed E-state index contributed by atoms with van der Waals surface area (Å²) >= 11 is 2.53. The maximum absolute atomic E-state index is 12.2. The van der Waals surface area contributed by atoms with Gasteiger partial charge < -0.3 is 29.5 Å². The highest BCUT2D eigenvalue weighted by Crippen LogP contribution is 2.23. The number of nitrogens with zero attached hydrogens (tertiary/aromatic N) is 2. The lowest BCUT2D eigenvalue weighted by Crippen LogP contribution is -2.32. The monoisotopic (exact) mass is 826 g/mol. The Morgan fingerprint density at radius 3 is 1.47 bits per heavy atom. The number of carbonyl (C=O) groups is 4. The quantitative estimate of drug-likeness (QED) is 0.142. The summed E-state index contributed by atoms with van der Waals surface area (Å²) in [5, 5.41) is 20.6. The van der Waals surface area contributed by atoms with Crippen molar-refractivity contribution in [2.45, 2.75) is 103 Å². The maximum atomic E-state index is 12.2. The third-order valence-corrected chi connectivity index (χ3v) is 11.3. The van der Waals surface area contributed by atoms with Crippen molar-refractivity contribution in [3.05, 3.63) is 68.1 Å². The van der Waals surface area contributed by atoms with E-state index < -0.39 is 12.2 Å². The molecule has 6 atom stereocenters. The number of hydrogen-bond donors (Lipinski definition) is 2. The molecule has 2 unspecified atom stereocenters. The average Bonchev–Trinajstić information content (AvgIpc) is 4.04. The first kappa shape index (κ1) is 47.3. The van der Waals surface area contributed by atoms with Crippen LogP contribution in [0.2, 0.25) is 0 Å². The first-order valence-corrected chi connectivity index (χ1v) is 21.1. The predicted molar refractivity (Wildman–Crippen MR) is 229 cm³/mol. The minimum absolute atomic E-state index is 0.0403. The summed E-state index contributed by atoms with van der Waals surface area (Å²) in [5.74, 6) is 23.6. The number of likely N-dealkylation sites (tertiary alicyclic amines) is 2. The van der Waals surface area contributed by atoms with E-state index in [0.29, 0.717) is 48.5 Å². The van der Waals surface area contributed by atoms with Gasteiger partial charge in [-0.1, -0.05) is 75.7 Å². The van der Waals surface area contributed by atoms with Gasteiger partial charge in [-0.15, -0.1) is 46.4 Å². The number of carbonyl (C=O) groups excluding carboxylic acids is 4. The second kappa shape index (κ2) is 25.3. The SMILES string of the molecule is CCC#CCC(C)[C@@H](O)/C=C/[C@H]1CCC(=O)N1CC#Cc1ccc(C(=O)OC)s1.CCC#CCC(C)[C@H](O)/C=C/[C@H]1CCC(=O)N1CC#Cc1ccc(C(=O)OC)s1. The average molecular weight is 827 g/mol. The van der Waals surface area contributed by atoms with Crippen LogP contribution in [-0.2, 0) is 19.1 Å². The van der Waals surface area contributed by atoms with Crippen molar-refractivity contribution >= 4 is 46.4 Å². The van der Waals surface area contributed by atoms with E-state index in [0.717, 1.165) is 35.4 Å². The highest BCUT2D eigenvalue weighted by molar-refractivity contribution is 7.14. The van der Waals surface area contributed by atoms with E-state index in [4.69, 9.17) is 0 Å². The fraction of sp³-hybridized carbons (Fsp3) is 0.478. The summed E-state index contributed by atoms with van der Waals surface area (Å²) < 4.78 is 9.38. The van der Waals surface area contributed by atoms with Gasteiger partial charge in [-0.25, -0.2) is 9.59 Å². The van der Waals surface area contributed by atoms with Gasteiger partial charge in [-0.2, -0.15) is 0 Å². The molecule has 4 heterocycles. The van der Waals surface area contributed by atoms with Gasteiger partial charge in [0.15, 0.2) is 0 Å². The summed E-state index contributed by atoms with van der Waals surface area (Å²) in [7, 11) is 2.69. The number of aliphatic hydroxyl groups is 2. The first-order valence-electron chi connectivity index (χ1n) is 19.5. The molecule has 12 heteroatoms. The molecule has 0 radical (unpaired) electrons. The molecule has 2 amide bonds. The van der Waals surface area contributed by atoms with Gasteiger partial charge in [0.2, 0.25) is 11.8 Å². The largest absolute Gasteiger partial charge is 0.465 e. The highest BCUT2D eigenvalue weighted by Gasteiger charge is 2.29. The van der Waals surface area contributed by atoms with Crippen LogP contribution in [0.3, 0.4) is 0 Å². The Balaban J connectivity index is 0.000000310. The fourth-order valence-electron chi connectivity index (χ4n) is 5.80. The van der Waals surface area contributed by atoms with Crippen molar-refractivity contribution < 1.29 is 38.9 Å². The smallest absolute Gasteiger partial charge is 0.348 e. The lowest BCUT2D eigenvalue weighted by molar-refractivity contribution is -0.128. The van der Waals surface area contributed by atoms with Crippen LogP contribution in [0.5, 0.6) is 0 Å². The Morgan fingerprint density at radius 2 is 1.10 bits per heavy atom. The number of ether oxygens (including phenoxy) is 2. The number of methoxy groups -OCH3 is 2. The molecule has 2 N–H and O–H groups in total. The molecule has 10 nitrogen and oxygen atoms in total. The van der Waals surface area contributed by atoms with Crippen LogP contribution < -0.4 is 0 Å². The van der Waals surface area contributed by atoms with Crippen LogP contribution >= 0.6 is 22.7 Å². The van der Waals surface area contributed by atoms with Gasteiger partial charge in [-0.3, -0.25) is 9.59 Å². The standard InChI is InChI=1S/2C23H27NO4S/c2*1-4-5-6-8-17(2)20(25)13-10-18-11-15-22(26)24(18)16-7-9-19-12-14-21(29-19)23(27)28-3/h2*10,12-14,17-18,20,25H,4,8,11,15-16H2,1-3H3/b2*13-10+/t17?,18-,20+;17?,18-,20-/m00/s1. The summed E-state index contributed by atoms with van der Waals surface area (Å²) in [6, 6.07) is 6.78.